The van der Waals surface area contributed by atoms with E-state index in [4.69, 9.17) is 21.1 Å². The molecule has 2 aromatic carbocycles. The quantitative estimate of drug-likeness (QED) is 0.241. The zero-order valence-corrected chi connectivity index (χ0v) is 24.9. The van der Waals surface area contributed by atoms with Crippen LogP contribution in [0.2, 0.25) is 5.02 Å². The lowest BCUT2D eigenvalue weighted by Crippen LogP contribution is -2.34. The van der Waals surface area contributed by atoms with E-state index in [9.17, 15) is 12.8 Å². The van der Waals surface area contributed by atoms with Crippen molar-refractivity contribution in [2.75, 3.05) is 37.4 Å². The molecule has 1 aliphatic carbocycles. The fourth-order valence-corrected chi connectivity index (χ4v) is 7.54. The van der Waals surface area contributed by atoms with Gasteiger partial charge in [0, 0.05) is 24.2 Å². The van der Waals surface area contributed by atoms with Crippen LogP contribution in [0.25, 0.3) is 0 Å². The second-order valence-corrected chi connectivity index (χ2v) is 12.8. The summed E-state index contributed by atoms with van der Waals surface area (Å²) < 4.78 is 68.5. The van der Waals surface area contributed by atoms with Crippen LogP contribution in [0.5, 0.6) is 11.5 Å². The van der Waals surface area contributed by atoms with Crippen LogP contribution in [0.4, 0.5) is 19.6 Å². The molecule has 1 fully saturated rings. The Morgan fingerprint density at radius 3 is 2.55 bits per heavy atom. The summed E-state index contributed by atoms with van der Waals surface area (Å²) in [6.07, 6.45) is 6.82. The molecule has 40 heavy (non-hydrogen) atoms. The van der Waals surface area contributed by atoms with E-state index in [0.29, 0.717) is 40.9 Å². The van der Waals surface area contributed by atoms with Gasteiger partial charge in [-0.1, -0.05) is 48.6 Å². The third-order valence-electron chi connectivity index (χ3n) is 7.12. The number of thiazole rings is 1. The number of ether oxygens (including phenoxy) is 2. The molecule has 2 N–H and O–H groups in total. The standard InChI is InChI=1S/C27H33ClF2N4O4S2/c1-31-19(10-17-6-4-5-7-17)14-32-23-13-22(29)25(12-21(23)28)40(35,36)34(27-33-15-26(30)39-27)16-18-8-9-20(37-2)11-24(18)38-3/h8-9,11-13,15,17,19,31-32H,4-7,10,14,16H2,1-3H3/t19-/m0/s1. The van der Waals surface area contributed by atoms with Crippen molar-refractivity contribution in [1.82, 2.24) is 10.3 Å². The molecule has 1 heterocycles. The first-order valence-corrected chi connectivity index (χ1v) is 15.5. The molecule has 0 aliphatic heterocycles. The third kappa shape index (κ3) is 6.96. The number of aromatic nitrogens is 1. The Morgan fingerprint density at radius 1 is 1.18 bits per heavy atom. The average molecular weight is 615 g/mol. The molecule has 0 bridgehead atoms. The van der Waals surface area contributed by atoms with Gasteiger partial charge in [0.2, 0.25) is 5.13 Å². The summed E-state index contributed by atoms with van der Waals surface area (Å²) >= 11 is 6.99. The Labute approximate surface area is 242 Å². The Hall–Kier alpha value is -2.67. The van der Waals surface area contributed by atoms with Crippen molar-refractivity contribution in [2.24, 2.45) is 5.92 Å². The Balaban J connectivity index is 1.62. The molecule has 8 nitrogen and oxygen atoms in total. The summed E-state index contributed by atoms with van der Waals surface area (Å²) in [5.74, 6) is 0.503. The maximum Gasteiger partial charge on any atom is 0.269 e. The van der Waals surface area contributed by atoms with Gasteiger partial charge < -0.3 is 20.1 Å². The molecule has 1 atom stereocenters. The molecule has 218 valence electrons. The van der Waals surface area contributed by atoms with Crippen molar-refractivity contribution in [3.63, 3.8) is 0 Å². The molecule has 1 aliphatic rings. The minimum Gasteiger partial charge on any atom is -0.497 e. The van der Waals surface area contributed by atoms with Crippen LogP contribution in [0.1, 0.15) is 37.7 Å². The van der Waals surface area contributed by atoms with Gasteiger partial charge in [0.15, 0.2) is 5.13 Å². The highest BCUT2D eigenvalue weighted by Crippen LogP contribution is 2.36. The van der Waals surface area contributed by atoms with Crippen LogP contribution in [0.15, 0.2) is 41.4 Å². The van der Waals surface area contributed by atoms with Gasteiger partial charge in [-0.3, -0.25) is 0 Å². The Kier molecular flexibility index (Phi) is 10.1. The van der Waals surface area contributed by atoms with Crippen LogP contribution < -0.4 is 24.4 Å². The Morgan fingerprint density at radius 2 is 1.93 bits per heavy atom. The smallest absolute Gasteiger partial charge is 0.269 e. The minimum atomic E-state index is -4.57. The van der Waals surface area contributed by atoms with Crippen LogP contribution >= 0.6 is 22.9 Å². The molecular formula is C27H33ClF2N4O4S2. The van der Waals surface area contributed by atoms with Gasteiger partial charge in [-0.15, -0.1) is 0 Å². The zero-order valence-electron chi connectivity index (χ0n) is 22.5. The third-order valence-corrected chi connectivity index (χ3v) is 10.1. The molecule has 0 unspecified atom stereocenters. The normalized spacial score (nSPS) is 14.8. The number of anilines is 2. The largest absolute Gasteiger partial charge is 0.497 e. The van der Waals surface area contributed by atoms with E-state index in [1.807, 2.05) is 7.05 Å². The predicted octanol–water partition coefficient (Wildman–Crippen LogP) is 6.07. The fourth-order valence-electron chi connectivity index (χ4n) is 4.92. The van der Waals surface area contributed by atoms with Crippen molar-refractivity contribution in [3.8, 4) is 11.5 Å². The first-order valence-electron chi connectivity index (χ1n) is 12.9. The molecule has 0 amide bonds. The first kappa shape index (κ1) is 30.3. The lowest BCUT2D eigenvalue weighted by molar-refractivity contribution is 0.391. The Bertz CT molecular complexity index is 1420. The van der Waals surface area contributed by atoms with E-state index in [2.05, 4.69) is 15.6 Å². The van der Waals surface area contributed by atoms with Crippen molar-refractivity contribution < 1.29 is 26.7 Å². The van der Waals surface area contributed by atoms with Crippen molar-refractivity contribution >= 4 is 43.8 Å². The SMILES string of the molecule is CN[C@H](CNc1cc(F)c(S(=O)(=O)N(Cc2ccc(OC)cc2OC)c2ncc(F)s2)cc1Cl)CC1CCCC1. The number of hydrogen-bond donors (Lipinski definition) is 2. The first-order chi connectivity index (χ1) is 19.2. The summed E-state index contributed by atoms with van der Waals surface area (Å²) in [4.78, 5) is 3.26. The molecule has 1 saturated carbocycles. The number of nitrogens with zero attached hydrogens (tertiary/aromatic N) is 2. The molecule has 0 radical (unpaired) electrons. The number of rotatable bonds is 13. The van der Waals surface area contributed by atoms with Crippen LogP contribution in [0.3, 0.4) is 0 Å². The second kappa shape index (κ2) is 13.3. The van der Waals surface area contributed by atoms with Gasteiger partial charge in [0.05, 0.1) is 37.7 Å². The fraction of sp³-hybridized carbons (Fsp3) is 0.444. The van der Waals surface area contributed by atoms with Crippen molar-refractivity contribution in [2.45, 2.75) is 49.6 Å². The van der Waals surface area contributed by atoms with Crippen molar-refractivity contribution in [1.29, 1.82) is 0 Å². The molecular weight excluding hydrogens is 582 g/mol. The van der Waals surface area contributed by atoms with Crippen LogP contribution in [-0.2, 0) is 16.6 Å². The highest BCUT2D eigenvalue weighted by Gasteiger charge is 2.32. The minimum absolute atomic E-state index is 0.0444. The molecule has 0 spiro atoms. The van der Waals surface area contributed by atoms with Gasteiger partial charge in [0.25, 0.3) is 10.0 Å². The van der Waals surface area contributed by atoms with Gasteiger partial charge in [0.1, 0.15) is 22.2 Å². The maximum atomic E-state index is 15.5. The number of nitrogens with one attached hydrogen (secondary N) is 2. The second-order valence-electron chi connectivity index (χ2n) is 9.65. The monoisotopic (exact) mass is 614 g/mol. The number of methoxy groups -OCH3 is 2. The van der Waals surface area contributed by atoms with E-state index in [-0.39, 0.29) is 28.4 Å². The summed E-state index contributed by atoms with van der Waals surface area (Å²) in [5, 5.41) is 5.63. The lowest BCUT2D eigenvalue weighted by Gasteiger charge is -2.24. The highest BCUT2D eigenvalue weighted by atomic mass is 35.5. The van der Waals surface area contributed by atoms with E-state index in [1.165, 1.54) is 39.9 Å². The number of likely N-dealkylation sites (N-methyl/N-ethyl adjacent to an activating group) is 1. The summed E-state index contributed by atoms with van der Waals surface area (Å²) in [5.41, 5.74) is 0.723. The van der Waals surface area contributed by atoms with E-state index < -0.39 is 25.9 Å². The molecule has 0 saturated heterocycles. The highest BCUT2D eigenvalue weighted by molar-refractivity contribution is 7.93. The van der Waals surface area contributed by atoms with E-state index in [1.54, 1.807) is 18.2 Å². The number of sulfonamides is 1. The van der Waals surface area contributed by atoms with Gasteiger partial charge in [-0.2, -0.15) is 4.39 Å². The van der Waals surface area contributed by atoms with E-state index in [0.717, 1.165) is 29.1 Å². The van der Waals surface area contributed by atoms with E-state index >= 15 is 4.39 Å². The zero-order chi connectivity index (χ0) is 28.9. The number of hydrogen-bond acceptors (Lipinski definition) is 8. The summed E-state index contributed by atoms with van der Waals surface area (Å²) in [7, 11) is 0.226. The lowest BCUT2D eigenvalue weighted by atomic mass is 9.98. The molecule has 3 aromatic rings. The molecule has 1 aromatic heterocycles. The number of halogens is 3. The predicted molar refractivity (Wildman–Crippen MR) is 154 cm³/mol. The van der Waals surface area contributed by atoms with Crippen LogP contribution in [0, 0.1) is 16.9 Å². The topological polar surface area (TPSA) is 92.8 Å². The van der Waals surface area contributed by atoms with Gasteiger partial charge in [-0.05, 0) is 43.7 Å². The maximum absolute atomic E-state index is 15.5. The van der Waals surface area contributed by atoms with Crippen molar-refractivity contribution in [3.05, 3.63) is 58.1 Å². The van der Waals surface area contributed by atoms with Gasteiger partial charge in [-0.25, -0.2) is 22.1 Å². The number of benzene rings is 2. The summed E-state index contributed by atoms with van der Waals surface area (Å²) in [6, 6.07) is 7.14. The van der Waals surface area contributed by atoms with Gasteiger partial charge >= 0.3 is 0 Å². The van der Waals surface area contributed by atoms with Crippen LogP contribution in [-0.4, -0.2) is 47.3 Å². The molecule has 13 heteroatoms. The average Bonchev–Trinajstić information content (AvgIpc) is 3.62. The molecule has 4 rings (SSSR count). The summed E-state index contributed by atoms with van der Waals surface area (Å²) in [6.45, 7) is 0.199.